The molecule has 0 aromatic rings. The first-order chi connectivity index (χ1) is 12.5. The number of hydrogen-bond donors (Lipinski definition) is 2. The van der Waals surface area contributed by atoms with Crippen molar-refractivity contribution in [2.45, 2.75) is 76.4 Å². The van der Waals surface area contributed by atoms with Crippen molar-refractivity contribution in [3.63, 3.8) is 0 Å². The monoisotopic (exact) mass is 363 g/mol. The van der Waals surface area contributed by atoms with Crippen LogP contribution in [-0.2, 0) is 4.79 Å². The molecule has 0 aromatic heterocycles. The van der Waals surface area contributed by atoms with Crippen molar-refractivity contribution in [1.29, 1.82) is 0 Å². The Morgan fingerprint density at radius 1 is 0.962 bits per heavy atom. The minimum absolute atomic E-state index is 0.0462. The maximum atomic E-state index is 11.8. The van der Waals surface area contributed by atoms with Gasteiger partial charge in [-0.15, -0.1) is 0 Å². The number of amides is 1. The Hall–Kier alpha value is -1.30. The number of likely N-dealkylation sites (tertiary alicyclic amines) is 1. The lowest BCUT2D eigenvalue weighted by Gasteiger charge is -2.40. The second-order valence-electron chi connectivity index (χ2n) is 8.74. The van der Waals surface area contributed by atoms with Gasteiger partial charge in [0.2, 0.25) is 5.91 Å². The van der Waals surface area contributed by atoms with E-state index in [9.17, 15) is 4.79 Å². The molecule has 0 atom stereocenters. The molecule has 2 aliphatic carbocycles. The van der Waals surface area contributed by atoms with Crippen molar-refractivity contribution in [2.75, 3.05) is 33.7 Å². The Morgan fingerprint density at radius 2 is 1.50 bits per heavy atom. The summed E-state index contributed by atoms with van der Waals surface area (Å²) in [6.07, 6.45) is 10.1. The van der Waals surface area contributed by atoms with Crippen molar-refractivity contribution >= 4 is 11.9 Å². The molecule has 1 aliphatic heterocycles. The lowest BCUT2D eigenvalue weighted by Crippen LogP contribution is -2.49. The highest BCUT2D eigenvalue weighted by Gasteiger charge is 2.29. The summed E-state index contributed by atoms with van der Waals surface area (Å²) in [6, 6.07) is 1.80. The van der Waals surface area contributed by atoms with Gasteiger partial charge in [-0.25, -0.2) is 4.99 Å². The van der Waals surface area contributed by atoms with Gasteiger partial charge in [0.15, 0.2) is 5.96 Å². The van der Waals surface area contributed by atoms with Crippen molar-refractivity contribution in [1.82, 2.24) is 20.4 Å². The van der Waals surface area contributed by atoms with Crippen LogP contribution in [0.25, 0.3) is 0 Å². The Morgan fingerprint density at radius 3 is 2.00 bits per heavy atom. The van der Waals surface area contributed by atoms with Gasteiger partial charge in [-0.2, -0.15) is 0 Å². The largest absolute Gasteiger partial charge is 0.354 e. The van der Waals surface area contributed by atoms with E-state index in [1.165, 1.54) is 64.5 Å². The molecule has 3 aliphatic rings. The van der Waals surface area contributed by atoms with Gasteiger partial charge in [0.05, 0.1) is 0 Å². The molecule has 0 radical (unpaired) electrons. The van der Waals surface area contributed by atoms with E-state index in [0.29, 0.717) is 12.1 Å². The third kappa shape index (κ3) is 5.86. The molecule has 3 rings (SSSR count). The van der Waals surface area contributed by atoms with Gasteiger partial charge >= 0.3 is 0 Å². The fourth-order valence-electron chi connectivity index (χ4n) is 4.01. The highest BCUT2D eigenvalue weighted by molar-refractivity contribution is 5.85. The molecule has 0 spiro atoms. The van der Waals surface area contributed by atoms with Crippen LogP contribution in [0.2, 0.25) is 0 Å². The van der Waals surface area contributed by atoms with Gasteiger partial charge in [0.25, 0.3) is 0 Å². The topological polar surface area (TPSA) is 60.0 Å². The number of likely N-dealkylation sites (N-methyl/N-ethyl adjacent to an activating group) is 1. The van der Waals surface area contributed by atoms with Crippen LogP contribution in [0.1, 0.15) is 58.3 Å². The van der Waals surface area contributed by atoms with E-state index in [0.717, 1.165) is 17.9 Å². The highest BCUT2D eigenvalue weighted by Crippen LogP contribution is 2.27. The summed E-state index contributed by atoms with van der Waals surface area (Å²) in [7, 11) is 3.56. The second kappa shape index (κ2) is 9.07. The minimum Gasteiger partial charge on any atom is -0.354 e. The van der Waals surface area contributed by atoms with Crippen LogP contribution in [0.5, 0.6) is 0 Å². The van der Waals surface area contributed by atoms with Crippen molar-refractivity contribution in [2.24, 2.45) is 10.9 Å². The number of hydrogen-bond acceptors (Lipinski definition) is 3. The van der Waals surface area contributed by atoms with E-state index in [1.54, 1.807) is 19.0 Å². The molecule has 1 saturated heterocycles. The molecular weight excluding hydrogens is 326 g/mol. The smallest absolute Gasteiger partial charge is 0.243 e. The van der Waals surface area contributed by atoms with Crippen LogP contribution in [-0.4, -0.2) is 73.5 Å². The summed E-state index contributed by atoms with van der Waals surface area (Å²) in [5.74, 6) is 1.78. The highest BCUT2D eigenvalue weighted by atomic mass is 16.2. The molecule has 2 N–H and O–H groups in total. The Bertz CT molecular complexity index is 486. The molecule has 3 fully saturated rings. The van der Waals surface area contributed by atoms with Gasteiger partial charge in [0, 0.05) is 32.2 Å². The van der Waals surface area contributed by atoms with Crippen molar-refractivity contribution in [3.05, 3.63) is 0 Å². The zero-order valence-electron chi connectivity index (χ0n) is 16.8. The van der Waals surface area contributed by atoms with E-state index < -0.39 is 0 Å². The van der Waals surface area contributed by atoms with Crippen LogP contribution < -0.4 is 10.6 Å². The zero-order chi connectivity index (χ0) is 18.5. The first kappa shape index (κ1) is 19.5. The number of carbonyl (C=O) groups is 1. The first-order valence-corrected chi connectivity index (χ1v) is 10.5. The van der Waals surface area contributed by atoms with Gasteiger partial charge in [-0.3, -0.25) is 4.79 Å². The minimum atomic E-state index is 0.0462. The SMILES string of the molecule is CC1CCN(C2CCC(NC(=NCC(=O)N(C)C)NC3CC3)CC2)CC1. The second-order valence-corrected chi connectivity index (χ2v) is 8.74. The summed E-state index contributed by atoms with van der Waals surface area (Å²) in [4.78, 5) is 20.7. The zero-order valence-corrected chi connectivity index (χ0v) is 16.8. The molecule has 1 heterocycles. The van der Waals surface area contributed by atoms with Gasteiger partial charge in [-0.1, -0.05) is 6.92 Å². The lowest BCUT2D eigenvalue weighted by molar-refractivity contribution is -0.127. The fraction of sp³-hybridized carbons (Fsp3) is 0.900. The van der Waals surface area contributed by atoms with Crippen LogP contribution >= 0.6 is 0 Å². The van der Waals surface area contributed by atoms with E-state index in [2.05, 4.69) is 27.4 Å². The molecule has 6 nitrogen and oxygen atoms in total. The van der Waals surface area contributed by atoms with Gasteiger partial charge in [0.1, 0.15) is 6.54 Å². The fourth-order valence-corrected chi connectivity index (χ4v) is 4.01. The Labute approximate surface area is 158 Å². The van der Waals surface area contributed by atoms with Crippen LogP contribution in [0, 0.1) is 5.92 Å². The first-order valence-electron chi connectivity index (χ1n) is 10.5. The predicted molar refractivity (Wildman–Crippen MR) is 106 cm³/mol. The summed E-state index contributed by atoms with van der Waals surface area (Å²) >= 11 is 0. The molecular formula is C20H37N5O. The number of nitrogens with zero attached hydrogens (tertiary/aromatic N) is 3. The lowest BCUT2D eigenvalue weighted by atomic mass is 9.88. The normalized spacial score (nSPS) is 28.7. The maximum absolute atomic E-state index is 11.8. The summed E-state index contributed by atoms with van der Waals surface area (Å²) in [6.45, 7) is 5.17. The van der Waals surface area contributed by atoms with E-state index >= 15 is 0 Å². The van der Waals surface area contributed by atoms with Crippen LogP contribution in [0.3, 0.4) is 0 Å². The molecule has 6 heteroatoms. The Kier molecular flexibility index (Phi) is 6.79. The number of guanidine groups is 1. The molecule has 2 saturated carbocycles. The van der Waals surface area contributed by atoms with Gasteiger partial charge in [-0.05, 0) is 70.4 Å². The van der Waals surface area contributed by atoms with E-state index in [4.69, 9.17) is 0 Å². The molecule has 1 amide bonds. The van der Waals surface area contributed by atoms with Gasteiger partial charge < -0.3 is 20.4 Å². The number of piperidine rings is 1. The average Bonchev–Trinajstić information content (AvgIpc) is 3.44. The maximum Gasteiger partial charge on any atom is 0.243 e. The average molecular weight is 364 g/mol. The van der Waals surface area contributed by atoms with E-state index in [1.807, 2.05) is 0 Å². The summed E-state index contributed by atoms with van der Waals surface area (Å²) in [5, 5.41) is 7.07. The summed E-state index contributed by atoms with van der Waals surface area (Å²) in [5.41, 5.74) is 0. The Balaban J connectivity index is 1.46. The van der Waals surface area contributed by atoms with Crippen LogP contribution in [0.15, 0.2) is 4.99 Å². The quantitative estimate of drug-likeness (QED) is 0.578. The number of nitrogens with one attached hydrogen (secondary N) is 2. The van der Waals surface area contributed by atoms with Crippen LogP contribution in [0.4, 0.5) is 0 Å². The number of aliphatic imine (C=N–C) groups is 1. The van der Waals surface area contributed by atoms with Crippen molar-refractivity contribution < 1.29 is 4.79 Å². The number of carbonyl (C=O) groups excluding carboxylic acids is 1. The standard InChI is InChI=1S/C20H37N5O/c1-15-10-12-25(13-11-15)18-8-6-17(7-9-18)23-20(22-16-4-5-16)21-14-19(26)24(2)3/h15-18H,4-14H2,1-3H3,(H2,21,22,23). The molecule has 0 unspecified atom stereocenters. The third-order valence-electron chi connectivity index (χ3n) is 6.16. The van der Waals surface area contributed by atoms with E-state index in [-0.39, 0.29) is 12.5 Å². The molecule has 0 aromatic carbocycles. The molecule has 26 heavy (non-hydrogen) atoms. The molecule has 148 valence electrons. The van der Waals surface area contributed by atoms with Crippen molar-refractivity contribution in [3.8, 4) is 0 Å². The third-order valence-corrected chi connectivity index (χ3v) is 6.16. The predicted octanol–water partition coefficient (Wildman–Crippen LogP) is 1.82. The molecule has 0 bridgehead atoms. The number of rotatable bonds is 5. The summed E-state index contributed by atoms with van der Waals surface area (Å²) < 4.78 is 0.